The molecule has 2 aliphatic rings. The van der Waals surface area contributed by atoms with Gasteiger partial charge in [-0.3, -0.25) is 9.89 Å². The molecule has 0 spiro atoms. The molecule has 0 aromatic heterocycles. The zero-order valence-electron chi connectivity index (χ0n) is 16.2. The summed E-state index contributed by atoms with van der Waals surface area (Å²) in [5.41, 5.74) is 1.01. The minimum Gasteiger partial charge on any atom is -0.355 e. The third-order valence-corrected chi connectivity index (χ3v) is 6.76. The predicted octanol–water partition coefficient (Wildman–Crippen LogP) is 1.28. The van der Waals surface area contributed by atoms with E-state index in [0.717, 1.165) is 37.5 Å². The molecule has 0 bridgehead atoms. The molecule has 1 aromatic rings. The Labute approximate surface area is 162 Å². The SMILES string of the molecule is CCN1CCCC1CNC(=NC)NCc1ccc(S(=O)(=O)NC2CC2)cc1. The Hall–Kier alpha value is -1.64. The zero-order valence-corrected chi connectivity index (χ0v) is 17.1. The highest BCUT2D eigenvalue weighted by atomic mass is 32.2. The van der Waals surface area contributed by atoms with Crippen LogP contribution >= 0.6 is 0 Å². The van der Waals surface area contributed by atoms with Crippen molar-refractivity contribution in [1.29, 1.82) is 0 Å². The molecule has 8 heteroatoms. The highest BCUT2D eigenvalue weighted by Gasteiger charge is 2.27. The van der Waals surface area contributed by atoms with Crippen molar-refractivity contribution in [3.05, 3.63) is 29.8 Å². The molecule has 27 heavy (non-hydrogen) atoms. The van der Waals surface area contributed by atoms with Crippen LogP contribution in [0.25, 0.3) is 0 Å². The summed E-state index contributed by atoms with van der Waals surface area (Å²) < 4.78 is 27.1. The smallest absolute Gasteiger partial charge is 0.240 e. The number of guanidine groups is 1. The number of sulfonamides is 1. The molecule has 1 aliphatic carbocycles. The van der Waals surface area contributed by atoms with E-state index in [2.05, 4.69) is 32.2 Å². The second-order valence-electron chi connectivity index (χ2n) is 7.27. The highest BCUT2D eigenvalue weighted by Crippen LogP contribution is 2.22. The fraction of sp³-hybridized carbons (Fsp3) is 0.632. The van der Waals surface area contributed by atoms with E-state index in [1.807, 2.05) is 12.1 Å². The average molecular weight is 394 g/mol. The number of hydrogen-bond acceptors (Lipinski definition) is 4. The fourth-order valence-electron chi connectivity index (χ4n) is 3.44. The van der Waals surface area contributed by atoms with Crippen molar-refractivity contribution < 1.29 is 8.42 Å². The normalized spacial score (nSPS) is 21.4. The van der Waals surface area contributed by atoms with E-state index < -0.39 is 10.0 Å². The Morgan fingerprint density at radius 2 is 1.93 bits per heavy atom. The number of nitrogens with one attached hydrogen (secondary N) is 3. The Kier molecular flexibility index (Phi) is 6.73. The van der Waals surface area contributed by atoms with Crippen LogP contribution in [-0.2, 0) is 16.6 Å². The second-order valence-corrected chi connectivity index (χ2v) is 8.98. The molecule has 150 valence electrons. The monoisotopic (exact) mass is 393 g/mol. The van der Waals surface area contributed by atoms with Gasteiger partial charge in [0.1, 0.15) is 0 Å². The number of nitrogens with zero attached hydrogens (tertiary/aromatic N) is 2. The molecule has 7 nitrogen and oxygen atoms in total. The van der Waals surface area contributed by atoms with Gasteiger partial charge in [-0.2, -0.15) is 0 Å². The molecule has 1 aromatic carbocycles. The van der Waals surface area contributed by atoms with Crippen LogP contribution in [0.5, 0.6) is 0 Å². The van der Waals surface area contributed by atoms with Gasteiger partial charge in [-0.05, 0) is 56.5 Å². The summed E-state index contributed by atoms with van der Waals surface area (Å²) in [4.78, 5) is 7.10. The minimum atomic E-state index is -3.39. The zero-order chi connectivity index (χ0) is 19.3. The molecule has 1 atom stereocenters. The Balaban J connectivity index is 1.48. The number of rotatable bonds is 8. The molecule has 1 saturated heterocycles. The van der Waals surface area contributed by atoms with E-state index in [4.69, 9.17) is 0 Å². The maximum absolute atomic E-state index is 12.2. The van der Waals surface area contributed by atoms with E-state index in [9.17, 15) is 8.42 Å². The number of benzene rings is 1. The highest BCUT2D eigenvalue weighted by molar-refractivity contribution is 7.89. The van der Waals surface area contributed by atoms with Crippen LogP contribution in [0.1, 0.15) is 38.2 Å². The van der Waals surface area contributed by atoms with Crippen molar-refractivity contribution in [3.63, 3.8) is 0 Å². The number of likely N-dealkylation sites (N-methyl/N-ethyl adjacent to an activating group) is 1. The quantitative estimate of drug-likeness (QED) is 0.458. The maximum Gasteiger partial charge on any atom is 0.240 e. The van der Waals surface area contributed by atoms with Crippen LogP contribution in [-0.4, -0.2) is 58.0 Å². The summed E-state index contributed by atoms with van der Waals surface area (Å²) in [6.07, 6.45) is 4.36. The molecule has 0 radical (unpaired) electrons. The molecule has 3 rings (SSSR count). The summed E-state index contributed by atoms with van der Waals surface area (Å²) in [7, 11) is -1.62. The molecular weight excluding hydrogens is 362 g/mol. The van der Waals surface area contributed by atoms with Crippen molar-refractivity contribution in [1.82, 2.24) is 20.3 Å². The van der Waals surface area contributed by atoms with Crippen molar-refractivity contribution in [2.75, 3.05) is 26.7 Å². The number of hydrogen-bond donors (Lipinski definition) is 3. The van der Waals surface area contributed by atoms with Crippen molar-refractivity contribution in [2.45, 2.75) is 56.1 Å². The van der Waals surface area contributed by atoms with Gasteiger partial charge >= 0.3 is 0 Å². The largest absolute Gasteiger partial charge is 0.355 e. The molecule has 1 unspecified atom stereocenters. The van der Waals surface area contributed by atoms with Gasteiger partial charge in [-0.25, -0.2) is 13.1 Å². The summed E-state index contributed by atoms with van der Waals surface area (Å²) in [6.45, 7) is 5.95. The Morgan fingerprint density at radius 3 is 2.56 bits per heavy atom. The van der Waals surface area contributed by atoms with E-state index in [1.54, 1.807) is 19.2 Å². The summed E-state index contributed by atoms with van der Waals surface area (Å²) in [6, 6.07) is 7.70. The number of likely N-dealkylation sites (tertiary alicyclic amines) is 1. The molecule has 1 saturated carbocycles. The van der Waals surface area contributed by atoms with Gasteiger partial charge in [0.05, 0.1) is 4.90 Å². The average Bonchev–Trinajstić information content (AvgIpc) is 3.35. The van der Waals surface area contributed by atoms with Gasteiger partial charge in [0.2, 0.25) is 10.0 Å². The van der Waals surface area contributed by atoms with Crippen LogP contribution in [0.4, 0.5) is 0 Å². The lowest BCUT2D eigenvalue weighted by atomic mass is 10.2. The lowest BCUT2D eigenvalue weighted by molar-refractivity contribution is 0.267. The minimum absolute atomic E-state index is 0.120. The van der Waals surface area contributed by atoms with Gasteiger partial charge in [-0.1, -0.05) is 19.1 Å². The van der Waals surface area contributed by atoms with Crippen LogP contribution in [0, 0.1) is 0 Å². The molecular formula is C19H31N5O2S. The van der Waals surface area contributed by atoms with Gasteiger partial charge < -0.3 is 10.6 Å². The first kappa shape index (κ1) is 20.1. The lowest BCUT2D eigenvalue weighted by Gasteiger charge is -2.24. The van der Waals surface area contributed by atoms with Gasteiger partial charge in [0, 0.05) is 32.2 Å². The first-order valence-corrected chi connectivity index (χ1v) is 11.3. The van der Waals surface area contributed by atoms with Crippen molar-refractivity contribution in [2.24, 2.45) is 4.99 Å². The second kappa shape index (κ2) is 9.03. The van der Waals surface area contributed by atoms with Gasteiger partial charge in [-0.15, -0.1) is 0 Å². The van der Waals surface area contributed by atoms with Crippen LogP contribution in [0.2, 0.25) is 0 Å². The van der Waals surface area contributed by atoms with E-state index in [1.165, 1.54) is 19.4 Å². The molecule has 2 fully saturated rings. The van der Waals surface area contributed by atoms with Gasteiger partial charge in [0.25, 0.3) is 0 Å². The van der Waals surface area contributed by atoms with Crippen molar-refractivity contribution >= 4 is 16.0 Å². The molecule has 0 amide bonds. The predicted molar refractivity (Wildman–Crippen MR) is 108 cm³/mol. The Morgan fingerprint density at radius 1 is 1.19 bits per heavy atom. The van der Waals surface area contributed by atoms with E-state index >= 15 is 0 Å². The summed E-state index contributed by atoms with van der Waals surface area (Å²) in [5, 5.41) is 6.70. The first-order chi connectivity index (χ1) is 13.0. The molecule has 3 N–H and O–H groups in total. The third-order valence-electron chi connectivity index (χ3n) is 5.23. The molecule has 1 aliphatic heterocycles. The van der Waals surface area contributed by atoms with Crippen LogP contribution in [0.15, 0.2) is 34.2 Å². The van der Waals surface area contributed by atoms with Gasteiger partial charge in [0.15, 0.2) is 5.96 Å². The van der Waals surface area contributed by atoms with Crippen molar-refractivity contribution in [3.8, 4) is 0 Å². The first-order valence-electron chi connectivity index (χ1n) is 9.81. The third kappa shape index (κ3) is 5.67. The summed E-state index contributed by atoms with van der Waals surface area (Å²) in [5.74, 6) is 0.769. The fourth-order valence-corrected chi connectivity index (χ4v) is 4.74. The van der Waals surface area contributed by atoms with Crippen LogP contribution < -0.4 is 15.4 Å². The van der Waals surface area contributed by atoms with E-state index in [-0.39, 0.29) is 6.04 Å². The van der Waals surface area contributed by atoms with E-state index in [0.29, 0.717) is 17.5 Å². The lowest BCUT2D eigenvalue weighted by Crippen LogP contribution is -2.44. The Bertz CT molecular complexity index is 744. The van der Waals surface area contributed by atoms with Crippen LogP contribution in [0.3, 0.4) is 0 Å². The summed E-state index contributed by atoms with van der Waals surface area (Å²) >= 11 is 0. The number of aliphatic imine (C=N–C) groups is 1. The molecule has 1 heterocycles. The topological polar surface area (TPSA) is 85.8 Å². The maximum atomic E-state index is 12.2. The standard InChI is InChI=1S/C19H31N5O2S/c1-3-24-12-4-5-17(24)14-22-19(20-2)21-13-15-6-10-18(11-7-15)27(25,26)23-16-8-9-16/h6-7,10-11,16-17,23H,3-5,8-9,12-14H2,1-2H3,(H2,20,21,22).